The Morgan fingerprint density at radius 3 is 2.95 bits per heavy atom. The molecule has 3 rings (SSSR count). The maximum absolute atomic E-state index is 11.1. The lowest BCUT2D eigenvalue weighted by molar-refractivity contribution is 0.0697. The van der Waals surface area contributed by atoms with Gasteiger partial charge in [0.1, 0.15) is 5.82 Å². The van der Waals surface area contributed by atoms with Crippen LogP contribution in [0.5, 0.6) is 0 Å². The molecule has 0 amide bonds. The molecule has 1 atom stereocenters. The zero-order valence-electron chi connectivity index (χ0n) is 12.4. The molecule has 0 spiro atoms. The molecule has 2 heterocycles. The molecule has 1 N–H and O–H groups in total. The summed E-state index contributed by atoms with van der Waals surface area (Å²) >= 11 is 2.04. The fourth-order valence-corrected chi connectivity index (χ4v) is 4.35. The normalized spacial score (nSPS) is 22.0. The Morgan fingerprint density at radius 1 is 1.52 bits per heavy atom. The smallest absolute Gasteiger partial charge is 0.335 e. The van der Waals surface area contributed by atoms with Crippen molar-refractivity contribution >= 4 is 28.8 Å². The van der Waals surface area contributed by atoms with Gasteiger partial charge in [-0.1, -0.05) is 6.92 Å². The molecule has 112 valence electrons. The molecule has 0 aliphatic carbocycles. The SMILES string of the molecule is CCc1nc2cc(C(=O)O)ccc2n1CC1(C)CCCS1. The summed E-state index contributed by atoms with van der Waals surface area (Å²) in [6.07, 6.45) is 3.37. The quantitative estimate of drug-likeness (QED) is 0.938. The van der Waals surface area contributed by atoms with Gasteiger partial charge in [0, 0.05) is 17.7 Å². The highest BCUT2D eigenvalue weighted by Gasteiger charge is 2.31. The molecule has 1 aromatic carbocycles. The molecule has 5 heteroatoms. The number of benzene rings is 1. The Hall–Kier alpha value is -1.49. The van der Waals surface area contributed by atoms with Crippen LogP contribution in [-0.2, 0) is 13.0 Å². The van der Waals surface area contributed by atoms with Crippen LogP contribution in [0.25, 0.3) is 11.0 Å². The number of thioether (sulfide) groups is 1. The standard InChI is InChI=1S/C16H20N2O2S/c1-3-14-17-12-9-11(15(19)20)5-6-13(12)18(14)10-16(2)7-4-8-21-16/h5-6,9H,3-4,7-8,10H2,1-2H3,(H,19,20). The Bertz CT molecular complexity index is 687. The van der Waals surface area contributed by atoms with E-state index in [1.807, 2.05) is 17.8 Å². The van der Waals surface area contributed by atoms with Gasteiger partial charge in [0.2, 0.25) is 0 Å². The van der Waals surface area contributed by atoms with Crippen molar-refractivity contribution in [3.63, 3.8) is 0 Å². The van der Waals surface area contributed by atoms with E-state index in [9.17, 15) is 4.79 Å². The Balaban J connectivity index is 2.05. The minimum absolute atomic E-state index is 0.267. The van der Waals surface area contributed by atoms with Crippen LogP contribution < -0.4 is 0 Å². The molecule has 1 fully saturated rings. The van der Waals surface area contributed by atoms with E-state index in [1.165, 1.54) is 18.6 Å². The second-order valence-corrected chi connectivity index (χ2v) is 7.56. The number of aromatic nitrogens is 2. The number of hydrogen-bond acceptors (Lipinski definition) is 3. The van der Waals surface area contributed by atoms with Gasteiger partial charge >= 0.3 is 5.97 Å². The molecule has 1 aliphatic rings. The molecular formula is C16H20N2O2S. The first-order valence-corrected chi connectivity index (χ1v) is 8.37. The summed E-state index contributed by atoms with van der Waals surface area (Å²) in [4.78, 5) is 15.7. The molecular weight excluding hydrogens is 284 g/mol. The topological polar surface area (TPSA) is 55.1 Å². The first kappa shape index (κ1) is 14.4. The second-order valence-electron chi connectivity index (χ2n) is 5.88. The minimum atomic E-state index is -0.900. The van der Waals surface area contributed by atoms with E-state index >= 15 is 0 Å². The fourth-order valence-electron chi connectivity index (χ4n) is 3.06. The van der Waals surface area contributed by atoms with E-state index in [4.69, 9.17) is 5.11 Å². The number of carboxylic acids is 1. The maximum atomic E-state index is 11.1. The van der Waals surface area contributed by atoms with Gasteiger partial charge in [-0.25, -0.2) is 9.78 Å². The summed E-state index contributed by atoms with van der Waals surface area (Å²) in [5.41, 5.74) is 2.14. The van der Waals surface area contributed by atoms with Gasteiger partial charge in [-0.05, 0) is 43.7 Å². The molecule has 0 bridgehead atoms. The lowest BCUT2D eigenvalue weighted by Gasteiger charge is -2.24. The number of fused-ring (bicyclic) bond motifs is 1. The lowest BCUT2D eigenvalue weighted by atomic mass is 10.1. The predicted octanol–water partition coefficient (Wildman–Crippen LogP) is 3.58. The minimum Gasteiger partial charge on any atom is -0.478 e. The molecule has 1 aromatic heterocycles. The third-order valence-electron chi connectivity index (χ3n) is 4.18. The highest BCUT2D eigenvalue weighted by atomic mass is 32.2. The van der Waals surface area contributed by atoms with Gasteiger partial charge in [0.05, 0.1) is 16.6 Å². The first-order chi connectivity index (χ1) is 10.0. The Morgan fingerprint density at radius 2 is 2.33 bits per heavy atom. The summed E-state index contributed by atoms with van der Waals surface area (Å²) in [5.74, 6) is 1.37. The highest BCUT2D eigenvalue weighted by molar-refractivity contribution is 8.00. The second kappa shape index (κ2) is 5.37. The zero-order valence-corrected chi connectivity index (χ0v) is 13.2. The van der Waals surface area contributed by atoms with Gasteiger partial charge in [0.15, 0.2) is 0 Å². The molecule has 21 heavy (non-hydrogen) atoms. The molecule has 1 saturated heterocycles. The van der Waals surface area contributed by atoms with Crippen LogP contribution in [0, 0.1) is 0 Å². The van der Waals surface area contributed by atoms with Crippen molar-refractivity contribution in [1.29, 1.82) is 0 Å². The van der Waals surface area contributed by atoms with Crippen LogP contribution in [0.15, 0.2) is 18.2 Å². The average molecular weight is 304 g/mol. The maximum Gasteiger partial charge on any atom is 0.335 e. The number of rotatable bonds is 4. The van der Waals surface area contributed by atoms with Gasteiger partial charge in [-0.2, -0.15) is 11.8 Å². The van der Waals surface area contributed by atoms with E-state index in [0.717, 1.165) is 29.8 Å². The molecule has 2 aromatic rings. The van der Waals surface area contributed by atoms with E-state index in [0.29, 0.717) is 5.56 Å². The Labute approximate surface area is 128 Å². The monoisotopic (exact) mass is 304 g/mol. The van der Waals surface area contributed by atoms with Gasteiger partial charge < -0.3 is 9.67 Å². The summed E-state index contributed by atoms with van der Waals surface area (Å²) in [6.45, 7) is 5.37. The van der Waals surface area contributed by atoms with E-state index in [2.05, 4.69) is 23.4 Å². The van der Waals surface area contributed by atoms with Crippen LogP contribution in [0.1, 0.15) is 42.9 Å². The van der Waals surface area contributed by atoms with Crippen molar-refractivity contribution in [3.05, 3.63) is 29.6 Å². The van der Waals surface area contributed by atoms with Gasteiger partial charge in [-0.3, -0.25) is 0 Å². The number of hydrogen-bond donors (Lipinski definition) is 1. The molecule has 1 aliphatic heterocycles. The van der Waals surface area contributed by atoms with Gasteiger partial charge in [-0.15, -0.1) is 0 Å². The number of aryl methyl sites for hydroxylation is 1. The molecule has 0 radical (unpaired) electrons. The number of nitrogens with zero attached hydrogens (tertiary/aromatic N) is 2. The number of imidazole rings is 1. The number of carboxylic acid groups (broad SMARTS) is 1. The van der Waals surface area contributed by atoms with Crippen molar-refractivity contribution in [2.24, 2.45) is 0 Å². The van der Waals surface area contributed by atoms with Crippen LogP contribution in [0.4, 0.5) is 0 Å². The third kappa shape index (κ3) is 2.67. The van der Waals surface area contributed by atoms with Crippen LogP contribution in [0.2, 0.25) is 0 Å². The summed E-state index contributed by atoms with van der Waals surface area (Å²) in [5, 5.41) is 9.11. The van der Waals surface area contributed by atoms with Crippen LogP contribution >= 0.6 is 11.8 Å². The largest absolute Gasteiger partial charge is 0.478 e. The lowest BCUT2D eigenvalue weighted by Crippen LogP contribution is -2.24. The predicted molar refractivity (Wildman–Crippen MR) is 86.2 cm³/mol. The van der Waals surface area contributed by atoms with Gasteiger partial charge in [0.25, 0.3) is 0 Å². The summed E-state index contributed by atoms with van der Waals surface area (Å²) in [6, 6.07) is 5.25. The Kier molecular flexibility index (Phi) is 3.69. The van der Waals surface area contributed by atoms with Crippen molar-refractivity contribution in [2.75, 3.05) is 5.75 Å². The average Bonchev–Trinajstić information content (AvgIpc) is 3.03. The number of carbonyl (C=O) groups is 1. The van der Waals surface area contributed by atoms with Crippen molar-refractivity contribution < 1.29 is 9.90 Å². The van der Waals surface area contributed by atoms with E-state index in [1.54, 1.807) is 12.1 Å². The van der Waals surface area contributed by atoms with Crippen molar-refractivity contribution in [2.45, 2.75) is 44.4 Å². The van der Waals surface area contributed by atoms with Crippen LogP contribution in [-0.4, -0.2) is 31.1 Å². The summed E-state index contributed by atoms with van der Waals surface area (Å²) in [7, 11) is 0. The zero-order chi connectivity index (χ0) is 15.0. The third-order valence-corrected chi connectivity index (χ3v) is 5.71. The highest BCUT2D eigenvalue weighted by Crippen LogP contribution is 2.40. The summed E-state index contributed by atoms with van der Waals surface area (Å²) < 4.78 is 2.54. The van der Waals surface area contributed by atoms with Crippen molar-refractivity contribution in [3.8, 4) is 0 Å². The van der Waals surface area contributed by atoms with Crippen molar-refractivity contribution in [1.82, 2.24) is 9.55 Å². The van der Waals surface area contributed by atoms with E-state index in [-0.39, 0.29) is 4.75 Å². The molecule has 4 nitrogen and oxygen atoms in total. The molecule has 0 saturated carbocycles. The molecule has 1 unspecified atom stereocenters. The van der Waals surface area contributed by atoms with E-state index < -0.39 is 5.97 Å². The van der Waals surface area contributed by atoms with Crippen LogP contribution in [0.3, 0.4) is 0 Å². The fraction of sp³-hybridized carbons (Fsp3) is 0.500. The number of aromatic carboxylic acids is 1. The first-order valence-electron chi connectivity index (χ1n) is 7.39.